The van der Waals surface area contributed by atoms with E-state index in [1.54, 1.807) is 25.4 Å². The number of amides is 1. The topological polar surface area (TPSA) is 124 Å². The highest BCUT2D eigenvalue weighted by atomic mass is 19.1. The van der Waals surface area contributed by atoms with Crippen LogP contribution in [0.4, 0.5) is 26.4 Å². The smallest absolute Gasteiger partial charge is 0.413 e. The molecule has 0 saturated carbocycles. The van der Waals surface area contributed by atoms with Gasteiger partial charge in [-0.25, -0.2) is 19.2 Å². The molecular formula is C26H33FN6O4. The molecule has 10 nitrogen and oxygen atoms in total. The Hall–Kier alpha value is -3.70. The van der Waals surface area contributed by atoms with Crippen LogP contribution in [0.5, 0.6) is 5.88 Å². The van der Waals surface area contributed by atoms with Crippen LogP contribution in [0.15, 0.2) is 24.5 Å². The standard InChI is InChI=1S/C26H33FN6O4/c1-15-19(12-31-25-24(15)29-7-9-36-25)18-10-16-11-21(30-13-20(16)23(28)22(18)27)32-26(34)37-17(14-35-4)6-5-8-33(2)3/h10-13,17,29H,5-9,14,28H2,1-4H3,(H,30,32,34)/t17-/m1/s1. The van der Waals surface area contributed by atoms with Crippen LogP contribution in [0.3, 0.4) is 0 Å². The zero-order chi connectivity index (χ0) is 26.5. The lowest BCUT2D eigenvalue weighted by molar-refractivity contribution is 0.0397. The van der Waals surface area contributed by atoms with Crippen molar-refractivity contribution in [2.24, 2.45) is 0 Å². The van der Waals surface area contributed by atoms with Gasteiger partial charge in [-0.1, -0.05) is 0 Å². The molecule has 1 aliphatic rings. The first-order valence-electron chi connectivity index (χ1n) is 12.1. The Kier molecular flexibility index (Phi) is 8.24. The van der Waals surface area contributed by atoms with Gasteiger partial charge >= 0.3 is 6.09 Å². The predicted octanol–water partition coefficient (Wildman–Crippen LogP) is 4.04. The Bertz CT molecular complexity index is 1290. The van der Waals surface area contributed by atoms with Crippen molar-refractivity contribution in [3.63, 3.8) is 0 Å². The number of halogens is 1. The largest absolute Gasteiger partial charge is 0.474 e. The number of benzene rings is 1. The molecule has 11 heteroatoms. The van der Waals surface area contributed by atoms with Crippen LogP contribution in [0.2, 0.25) is 0 Å². The lowest BCUT2D eigenvalue weighted by Crippen LogP contribution is -2.27. The van der Waals surface area contributed by atoms with Gasteiger partial charge in [-0.2, -0.15) is 0 Å². The van der Waals surface area contributed by atoms with Crippen LogP contribution in [0, 0.1) is 12.7 Å². The number of methoxy groups -OCH3 is 1. The van der Waals surface area contributed by atoms with Crippen molar-refractivity contribution in [1.82, 2.24) is 14.9 Å². The molecule has 0 radical (unpaired) electrons. The number of fused-ring (bicyclic) bond motifs is 2. The second-order valence-electron chi connectivity index (χ2n) is 9.25. The van der Waals surface area contributed by atoms with Crippen molar-refractivity contribution in [1.29, 1.82) is 0 Å². The molecule has 0 aliphatic carbocycles. The summed E-state index contributed by atoms with van der Waals surface area (Å²) in [5.41, 5.74) is 8.55. The van der Waals surface area contributed by atoms with Crippen molar-refractivity contribution < 1.29 is 23.4 Å². The Balaban J connectivity index is 1.57. The zero-order valence-corrected chi connectivity index (χ0v) is 21.6. The molecule has 2 aromatic heterocycles. The molecule has 0 spiro atoms. The number of pyridine rings is 2. The molecule has 198 valence electrons. The van der Waals surface area contributed by atoms with E-state index < -0.39 is 11.9 Å². The summed E-state index contributed by atoms with van der Waals surface area (Å²) in [6.45, 7) is 4.20. The first kappa shape index (κ1) is 26.4. The van der Waals surface area contributed by atoms with Gasteiger partial charge in [-0.05, 0) is 63.5 Å². The van der Waals surface area contributed by atoms with E-state index in [1.165, 1.54) is 6.20 Å². The number of hydrogen-bond acceptors (Lipinski definition) is 9. The van der Waals surface area contributed by atoms with Crippen molar-refractivity contribution >= 4 is 34.1 Å². The average Bonchev–Trinajstić information content (AvgIpc) is 2.86. The molecule has 3 heterocycles. The van der Waals surface area contributed by atoms with Gasteiger partial charge in [0, 0.05) is 42.6 Å². The first-order valence-corrected chi connectivity index (χ1v) is 12.1. The van der Waals surface area contributed by atoms with Gasteiger partial charge in [-0.15, -0.1) is 0 Å². The van der Waals surface area contributed by atoms with Gasteiger partial charge in [0.25, 0.3) is 0 Å². The molecule has 1 aliphatic heterocycles. The minimum absolute atomic E-state index is 0.0310. The van der Waals surface area contributed by atoms with Gasteiger partial charge in [0.1, 0.15) is 24.2 Å². The Morgan fingerprint density at radius 1 is 1.30 bits per heavy atom. The maximum absolute atomic E-state index is 15.4. The summed E-state index contributed by atoms with van der Waals surface area (Å²) < 4.78 is 31.7. The van der Waals surface area contributed by atoms with Gasteiger partial charge in [0.2, 0.25) is 5.88 Å². The highest BCUT2D eigenvalue weighted by Gasteiger charge is 2.21. The van der Waals surface area contributed by atoms with E-state index in [4.69, 9.17) is 19.9 Å². The molecule has 0 fully saturated rings. The molecule has 4 rings (SSSR count). The number of ether oxygens (including phenoxy) is 3. The van der Waals surface area contributed by atoms with Crippen molar-refractivity contribution in [2.75, 3.05) is 63.9 Å². The molecule has 0 unspecified atom stereocenters. The van der Waals surface area contributed by atoms with Gasteiger partial charge < -0.3 is 30.2 Å². The van der Waals surface area contributed by atoms with Gasteiger partial charge in [0.05, 0.1) is 12.3 Å². The zero-order valence-electron chi connectivity index (χ0n) is 21.6. The number of nitrogen functional groups attached to an aromatic ring is 1. The summed E-state index contributed by atoms with van der Waals surface area (Å²) in [6, 6.07) is 3.31. The lowest BCUT2D eigenvalue weighted by atomic mass is 9.97. The Morgan fingerprint density at radius 2 is 2.11 bits per heavy atom. The highest BCUT2D eigenvalue weighted by Crippen LogP contribution is 2.39. The van der Waals surface area contributed by atoms with E-state index in [2.05, 4.69) is 25.5 Å². The average molecular weight is 513 g/mol. The second kappa shape index (κ2) is 11.6. The number of carbonyl (C=O) groups is 1. The first-order chi connectivity index (χ1) is 17.8. The summed E-state index contributed by atoms with van der Waals surface area (Å²) in [6.07, 6.45) is 3.50. The van der Waals surface area contributed by atoms with E-state index in [1.807, 2.05) is 21.0 Å². The molecule has 4 N–H and O–H groups in total. The van der Waals surface area contributed by atoms with Crippen molar-refractivity contribution in [2.45, 2.75) is 25.9 Å². The number of rotatable bonds is 9. The number of anilines is 3. The normalized spacial score (nSPS) is 13.6. The summed E-state index contributed by atoms with van der Waals surface area (Å²) >= 11 is 0. The van der Waals surface area contributed by atoms with E-state index in [-0.39, 0.29) is 17.6 Å². The molecular weight excluding hydrogens is 479 g/mol. The molecule has 0 saturated heterocycles. The quantitative estimate of drug-likeness (QED) is 0.365. The number of aromatic nitrogens is 2. The Labute approximate surface area is 215 Å². The summed E-state index contributed by atoms with van der Waals surface area (Å²) in [5.74, 6) is 0.190. The summed E-state index contributed by atoms with van der Waals surface area (Å²) in [4.78, 5) is 23.2. The fourth-order valence-corrected chi connectivity index (χ4v) is 4.34. The van der Waals surface area contributed by atoms with Crippen LogP contribution in [0.25, 0.3) is 21.9 Å². The van der Waals surface area contributed by atoms with Crippen LogP contribution < -0.4 is 21.1 Å². The number of hydrogen-bond donors (Lipinski definition) is 3. The minimum Gasteiger partial charge on any atom is -0.474 e. The number of carbonyl (C=O) groups excluding carboxylic acids is 1. The minimum atomic E-state index is -0.644. The molecule has 3 aromatic rings. The molecule has 1 atom stereocenters. The van der Waals surface area contributed by atoms with E-state index in [0.717, 1.165) is 24.2 Å². The molecule has 37 heavy (non-hydrogen) atoms. The summed E-state index contributed by atoms with van der Waals surface area (Å²) in [7, 11) is 5.54. The van der Waals surface area contributed by atoms with Crippen LogP contribution in [-0.4, -0.2) is 74.6 Å². The second-order valence-corrected chi connectivity index (χ2v) is 9.25. The third kappa shape index (κ3) is 6.00. The number of nitrogens with two attached hydrogens (primary N) is 1. The lowest BCUT2D eigenvalue weighted by Gasteiger charge is -2.22. The van der Waals surface area contributed by atoms with Gasteiger partial charge in [0.15, 0.2) is 5.82 Å². The van der Waals surface area contributed by atoms with E-state index in [9.17, 15) is 4.79 Å². The molecule has 1 aromatic carbocycles. The number of nitrogens with one attached hydrogen (secondary N) is 2. The van der Waals surface area contributed by atoms with Crippen molar-refractivity contribution in [3.8, 4) is 17.0 Å². The monoisotopic (exact) mass is 512 g/mol. The van der Waals surface area contributed by atoms with E-state index >= 15 is 4.39 Å². The predicted molar refractivity (Wildman–Crippen MR) is 142 cm³/mol. The Morgan fingerprint density at radius 3 is 2.86 bits per heavy atom. The summed E-state index contributed by atoms with van der Waals surface area (Å²) in [5, 5.41) is 6.97. The fraction of sp³-hybridized carbons (Fsp3) is 0.423. The maximum atomic E-state index is 15.4. The SMILES string of the molecule is COC[C@@H](CCCN(C)C)OC(=O)Nc1cc2cc(-c3cnc4c(c3C)NCCO4)c(F)c(N)c2cn1. The third-order valence-electron chi connectivity index (χ3n) is 6.22. The van der Waals surface area contributed by atoms with Crippen molar-refractivity contribution in [3.05, 3.63) is 35.9 Å². The van der Waals surface area contributed by atoms with Crippen LogP contribution in [-0.2, 0) is 9.47 Å². The van der Waals surface area contributed by atoms with Crippen LogP contribution in [0.1, 0.15) is 18.4 Å². The third-order valence-corrected chi connectivity index (χ3v) is 6.22. The van der Waals surface area contributed by atoms with Crippen LogP contribution >= 0.6 is 0 Å². The fourth-order valence-electron chi connectivity index (χ4n) is 4.34. The molecule has 0 bridgehead atoms. The number of nitrogens with zero attached hydrogens (tertiary/aromatic N) is 3. The molecule has 1 amide bonds. The highest BCUT2D eigenvalue weighted by molar-refractivity contribution is 5.99. The maximum Gasteiger partial charge on any atom is 0.413 e. The van der Waals surface area contributed by atoms with Gasteiger partial charge in [-0.3, -0.25) is 5.32 Å². The van der Waals surface area contributed by atoms with E-state index in [0.29, 0.717) is 54.0 Å².